The summed E-state index contributed by atoms with van der Waals surface area (Å²) in [7, 11) is -2.46. The SMILES string of the molecule is COc1ccc(C(=O)N(C(C)C)C(C)C)cc1S(=O)(=O)N1CCCc2ccccc21. The summed E-state index contributed by atoms with van der Waals surface area (Å²) in [5.74, 6) is 0.0356. The van der Waals surface area contributed by atoms with Crippen LogP contribution in [0.4, 0.5) is 5.69 Å². The number of anilines is 1. The molecule has 0 N–H and O–H groups in total. The maximum absolute atomic E-state index is 13.7. The van der Waals surface area contributed by atoms with Crippen molar-refractivity contribution >= 4 is 21.6 Å². The normalized spacial score (nSPS) is 14.0. The van der Waals surface area contributed by atoms with Crippen LogP contribution in [0.5, 0.6) is 5.75 Å². The van der Waals surface area contributed by atoms with Gasteiger partial charge in [0, 0.05) is 24.2 Å². The molecule has 0 fully saturated rings. The molecule has 1 aliphatic heterocycles. The van der Waals surface area contributed by atoms with Gasteiger partial charge in [-0.1, -0.05) is 18.2 Å². The third kappa shape index (κ3) is 4.03. The number of aryl methyl sites for hydroxylation is 1. The van der Waals surface area contributed by atoms with E-state index in [1.807, 2.05) is 52.0 Å². The molecule has 1 aliphatic rings. The van der Waals surface area contributed by atoms with Gasteiger partial charge in [-0.3, -0.25) is 9.10 Å². The maximum atomic E-state index is 13.7. The van der Waals surface area contributed by atoms with E-state index in [4.69, 9.17) is 4.74 Å². The zero-order chi connectivity index (χ0) is 22.1. The van der Waals surface area contributed by atoms with Crippen LogP contribution in [0, 0.1) is 0 Å². The second-order valence-electron chi connectivity index (χ2n) is 8.07. The molecule has 0 saturated heterocycles. The van der Waals surface area contributed by atoms with E-state index in [2.05, 4.69) is 0 Å². The monoisotopic (exact) mass is 430 g/mol. The Kier molecular flexibility index (Phi) is 6.41. The summed E-state index contributed by atoms with van der Waals surface area (Å²) in [5, 5.41) is 0. The van der Waals surface area contributed by atoms with E-state index < -0.39 is 10.0 Å². The number of hydrogen-bond donors (Lipinski definition) is 0. The number of carbonyl (C=O) groups is 1. The quantitative estimate of drug-likeness (QED) is 0.692. The summed E-state index contributed by atoms with van der Waals surface area (Å²) >= 11 is 0. The van der Waals surface area contributed by atoms with E-state index in [1.165, 1.54) is 17.5 Å². The molecule has 0 radical (unpaired) electrons. The molecule has 7 heteroatoms. The van der Waals surface area contributed by atoms with Crippen LogP contribution < -0.4 is 9.04 Å². The lowest BCUT2D eigenvalue weighted by Crippen LogP contribution is -2.42. The topological polar surface area (TPSA) is 66.9 Å². The Morgan fingerprint density at radius 2 is 1.73 bits per heavy atom. The van der Waals surface area contributed by atoms with Crippen LogP contribution >= 0.6 is 0 Å². The second kappa shape index (κ2) is 8.68. The minimum atomic E-state index is -3.90. The van der Waals surface area contributed by atoms with Crippen molar-refractivity contribution in [2.24, 2.45) is 0 Å². The van der Waals surface area contributed by atoms with E-state index in [9.17, 15) is 13.2 Å². The van der Waals surface area contributed by atoms with Gasteiger partial charge < -0.3 is 9.64 Å². The van der Waals surface area contributed by atoms with Gasteiger partial charge in [0.25, 0.3) is 15.9 Å². The summed E-state index contributed by atoms with van der Waals surface area (Å²) in [4.78, 5) is 14.9. The first-order chi connectivity index (χ1) is 14.2. The van der Waals surface area contributed by atoms with E-state index in [1.54, 1.807) is 17.0 Å². The van der Waals surface area contributed by atoms with E-state index in [-0.39, 0.29) is 28.6 Å². The third-order valence-corrected chi connectivity index (χ3v) is 7.23. The van der Waals surface area contributed by atoms with Crippen molar-refractivity contribution in [3.63, 3.8) is 0 Å². The zero-order valence-corrected chi connectivity index (χ0v) is 19.1. The fourth-order valence-electron chi connectivity index (χ4n) is 4.09. The highest BCUT2D eigenvalue weighted by atomic mass is 32.2. The second-order valence-corrected chi connectivity index (χ2v) is 9.91. The highest BCUT2D eigenvalue weighted by Crippen LogP contribution is 2.35. The van der Waals surface area contributed by atoms with Gasteiger partial charge in [-0.15, -0.1) is 0 Å². The molecule has 3 rings (SSSR count). The summed E-state index contributed by atoms with van der Waals surface area (Å²) < 4.78 is 34.1. The Labute approximate surface area is 179 Å². The number of benzene rings is 2. The van der Waals surface area contributed by atoms with Crippen molar-refractivity contribution in [3.05, 3.63) is 53.6 Å². The Bertz CT molecular complexity index is 1020. The molecule has 0 spiro atoms. The van der Waals surface area contributed by atoms with E-state index in [0.717, 1.165) is 18.4 Å². The summed E-state index contributed by atoms with van der Waals surface area (Å²) in [6.45, 7) is 8.19. The highest BCUT2D eigenvalue weighted by molar-refractivity contribution is 7.93. The fourth-order valence-corrected chi connectivity index (χ4v) is 5.82. The molecule has 0 unspecified atom stereocenters. The van der Waals surface area contributed by atoms with Gasteiger partial charge in [0.1, 0.15) is 10.6 Å². The van der Waals surface area contributed by atoms with Crippen molar-refractivity contribution < 1.29 is 17.9 Å². The number of carbonyl (C=O) groups excluding carboxylic acids is 1. The van der Waals surface area contributed by atoms with Gasteiger partial charge in [0.05, 0.1) is 12.8 Å². The Morgan fingerprint density at radius 1 is 1.07 bits per heavy atom. The fraction of sp³-hybridized carbons (Fsp3) is 0.435. The average Bonchev–Trinajstić information content (AvgIpc) is 2.72. The lowest BCUT2D eigenvalue weighted by molar-refractivity contribution is 0.0643. The van der Waals surface area contributed by atoms with Gasteiger partial charge in [-0.25, -0.2) is 8.42 Å². The van der Waals surface area contributed by atoms with Crippen LogP contribution in [-0.2, 0) is 16.4 Å². The number of nitrogens with zero attached hydrogens (tertiary/aromatic N) is 2. The van der Waals surface area contributed by atoms with E-state index >= 15 is 0 Å². The summed E-state index contributed by atoms with van der Waals surface area (Å²) in [6, 6.07) is 12.2. The zero-order valence-electron chi connectivity index (χ0n) is 18.3. The van der Waals surface area contributed by atoms with Gasteiger partial charge in [0.2, 0.25) is 0 Å². The lowest BCUT2D eigenvalue weighted by Gasteiger charge is -2.32. The molecule has 0 aliphatic carbocycles. The predicted molar refractivity (Wildman–Crippen MR) is 119 cm³/mol. The molecule has 2 aromatic carbocycles. The molecule has 162 valence electrons. The van der Waals surface area contributed by atoms with Crippen LogP contribution in [0.3, 0.4) is 0 Å². The van der Waals surface area contributed by atoms with Crippen LogP contribution in [0.1, 0.15) is 50.0 Å². The summed E-state index contributed by atoms with van der Waals surface area (Å²) in [6.07, 6.45) is 1.58. The number of ether oxygens (including phenoxy) is 1. The molecular weight excluding hydrogens is 400 g/mol. The Hall–Kier alpha value is -2.54. The van der Waals surface area contributed by atoms with Crippen LogP contribution in [0.2, 0.25) is 0 Å². The molecular formula is C23H30N2O4S. The van der Waals surface area contributed by atoms with Crippen molar-refractivity contribution in [2.45, 2.75) is 57.5 Å². The molecule has 0 bridgehead atoms. The number of amides is 1. The number of fused-ring (bicyclic) bond motifs is 1. The predicted octanol–water partition coefficient (Wildman–Crippen LogP) is 4.10. The molecule has 6 nitrogen and oxygen atoms in total. The Morgan fingerprint density at radius 3 is 2.37 bits per heavy atom. The Balaban J connectivity index is 2.09. The van der Waals surface area contributed by atoms with Gasteiger partial charge in [0.15, 0.2) is 0 Å². The molecule has 0 saturated carbocycles. The van der Waals surface area contributed by atoms with E-state index in [0.29, 0.717) is 17.8 Å². The van der Waals surface area contributed by atoms with Crippen molar-refractivity contribution in [3.8, 4) is 5.75 Å². The smallest absolute Gasteiger partial charge is 0.268 e. The first-order valence-electron chi connectivity index (χ1n) is 10.3. The average molecular weight is 431 g/mol. The van der Waals surface area contributed by atoms with Crippen LogP contribution in [0.15, 0.2) is 47.4 Å². The molecule has 2 aromatic rings. The van der Waals surface area contributed by atoms with Crippen LogP contribution in [0.25, 0.3) is 0 Å². The number of methoxy groups -OCH3 is 1. The highest BCUT2D eigenvalue weighted by Gasteiger charge is 2.32. The largest absolute Gasteiger partial charge is 0.495 e. The molecule has 0 atom stereocenters. The lowest BCUT2D eigenvalue weighted by atomic mass is 10.0. The number of rotatable bonds is 6. The molecule has 0 aromatic heterocycles. The molecule has 30 heavy (non-hydrogen) atoms. The van der Waals surface area contributed by atoms with Gasteiger partial charge in [-0.2, -0.15) is 0 Å². The van der Waals surface area contributed by atoms with Crippen LogP contribution in [-0.4, -0.2) is 45.0 Å². The van der Waals surface area contributed by atoms with Gasteiger partial charge in [-0.05, 0) is 70.4 Å². The minimum absolute atomic E-state index is 0.00590. The van der Waals surface area contributed by atoms with Crippen molar-refractivity contribution in [2.75, 3.05) is 18.0 Å². The third-order valence-electron chi connectivity index (χ3n) is 5.39. The van der Waals surface area contributed by atoms with Gasteiger partial charge >= 0.3 is 0 Å². The first-order valence-corrected chi connectivity index (χ1v) is 11.7. The minimum Gasteiger partial charge on any atom is -0.495 e. The maximum Gasteiger partial charge on any atom is 0.268 e. The molecule has 1 amide bonds. The van der Waals surface area contributed by atoms with Crippen molar-refractivity contribution in [1.82, 2.24) is 4.90 Å². The number of sulfonamides is 1. The number of para-hydroxylation sites is 1. The standard InChI is InChI=1S/C23H30N2O4S/c1-16(2)25(17(3)4)23(26)19-12-13-21(29-5)22(15-19)30(27,28)24-14-8-10-18-9-6-7-11-20(18)24/h6-7,9,11-13,15-17H,8,10,14H2,1-5H3. The number of hydrogen-bond acceptors (Lipinski definition) is 4. The first kappa shape index (κ1) is 22.2. The van der Waals surface area contributed by atoms with Crippen molar-refractivity contribution in [1.29, 1.82) is 0 Å². The molecule has 1 heterocycles. The summed E-state index contributed by atoms with van der Waals surface area (Å²) in [5.41, 5.74) is 2.03.